The minimum Gasteiger partial charge on any atom is -0.365 e. The second-order valence-corrected chi connectivity index (χ2v) is 0.688. The third-order valence-corrected chi connectivity index (χ3v) is 0.347. The van der Waals surface area contributed by atoms with Gasteiger partial charge in [-0.3, -0.25) is 0 Å². The molecule has 0 spiro atoms. The van der Waals surface area contributed by atoms with E-state index in [1.807, 2.05) is 0 Å². The van der Waals surface area contributed by atoms with Crippen molar-refractivity contribution in [1.29, 1.82) is 0 Å². The van der Waals surface area contributed by atoms with Crippen LogP contribution in [0.25, 0.3) is 0 Å². The summed E-state index contributed by atoms with van der Waals surface area (Å²) in [7, 11) is 0. The van der Waals surface area contributed by atoms with Gasteiger partial charge in [0.2, 0.25) is 0 Å². The Kier molecular flexibility index (Phi) is 2.58. The molecule has 1 rings (SSSR count). The minimum atomic E-state index is 0. The quantitative estimate of drug-likeness (QED) is 0.485. The van der Waals surface area contributed by atoms with Crippen molar-refractivity contribution < 1.29 is 4.52 Å². The Bertz CT molecular complexity index is 67.3. The summed E-state index contributed by atoms with van der Waals surface area (Å²) >= 11 is 0. The van der Waals surface area contributed by atoms with Gasteiger partial charge in [0, 0.05) is 0 Å². The van der Waals surface area contributed by atoms with Crippen molar-refractivity contribution >= 4 is 13.5 Å². The molecule has 0 aromatic carbocycles. The van der Waals surface area contributed by atoms with Crippen LogP contribution < -0.4 is 0 Å². The Balaban J connectivity index is 0.000000250. The molecule has 0 unspecified atom stereocenters. The van der Waals surface area contributed by atoms with Gasteiger partial charge >= 0.3 is 0 Å². The Morgan fingerprint density at radius 1 is 1.50 bits per heavy atom. The van der Waals surface area contributed by atoms with Gasteiger partial charge in [-0.05, 0) is 6.07 Å². The Hall–Kier alpha value is -0.440. The van der Waals surface area contributed by atoms with E-state index in [4.69, 9.17) is 0 Å². The Labute approximate surface area is 42.6 Å². The highest BCUT2D eigenvalue weighted by atomic mass is 32.1. The van der Waals surface area contributed by atoms with Gasteiger partial charge in [0.05, 0.1) is 6.20 Å². The molecule has 0 aliphatic heterocycles. The Morgan fingerprint density at radius 2 is 2.33 bits per heavy atom. The molecule has 0 radical (unpaired) electrons. The molecule has 0 atom stereocenters. The predicted octanol–water partition coefficient (Wildman–Crippen LogP) is 0.787. The highest BCUT2D eigenvalue weighted by molar-refractivity contribution is 7.59. The van der Waals surface area contributed by atoms with Gasteiger partial charge in [0.15, 0.2) is 0 Å². The SMILES string of the molecule is S.c1cnoc1. The van der Waals surface area contributed by atoms with E-state index >= 15 is 0 Å². The predicted molar refractivity (Wildman–Crippen MR) is 26.9 cm³/mol. The lowest BCUT2D eigenvalue weighted by molar-refractivity contribution is 0.420. The molecular formula is C3H5NOS. The second kappa shape index (κ2) is 2.78. The maximum atomic E-state index is 4.33. The zero-order chi connectivity index (χ0) is 3.54. The molecule has 2 nitrogen and oxygen atoms in total. The fourth-order valence-electron chi connectivity index (χ4n) is 0.176. The van der Waals surface area contributed by atoms with E-state index in [0.717, 1.165) is 0 Å². The minimum absolute atomic E-state index is 0. The van der Waals surface area contributed by atoms with E-state index in [9.17, 15) is 0 Å². The van der Waals surface area contributed by atoms with Crippen LogP contribution in [0.2, 0.25) is 0 Å². The topological polar surface area (TPSA) is 26.0 Å². The molecule has 3 heteroatoms. The fourth-order valence-corrected chi connectivity index (χ4v) is 0.176. The van der Waals surface area contributed by atoms with Crippen molar-refractivity contribution in [2.75, 3.05) is 0 Å². The van der Waals surface area contributed by atoms with Gasteiger partial charge in [-0.15, -0.1) is 0 Å². The summed E-state index contributed by atoms with van der Waals surface area (Å²) in [5.74, 6) is 0. The third kappa shape index (κ3) is 1.12. The van der Waals surface area contributed by atoms with E-state index < -0.39 is 0 Å². The highest BCUT2D eigenvalue weighted by Crippen LogP contribution is 1.72. The molecule has 0 fully saturated rings. The van der Waals surface area contributed by atoms with Crippen LogP contribution in [-0.4, -0.2) is 5.16 Å². The van der Waals surface area contributed by atoms with Gasteiger partial charge in [-0.1, -0.05) is 5.16 Å². The molecule has 1 aromatic heterocycles. The summed E-state index contributed by atoms with van der Waals surface area (Å²) in [6.07, 6.45) is 3.10. The first kappa shape index (κ1) is 5.56. The second-order valence-electron chi connectivity index (χ2n) is 0.688. The van der Waals surface area contributed by atoms with Crippen molar-refractivity contribution in [3.05, 3.63) is 18.5 Å². The lowest BCUT2D eigenvalue weighted by Gasteiger charge is -1.48. The zero-order valence-corrected chi connectivity index (χ0v) is 4.09. The van der Waals surface area contributed by atoms with Gasteiger partial charge < -0.3 is 4.52 Å². The van der Waals surface area contributed by atoms with Crippen LogP contribution in [0.4, 0.5) is 0 Å². The van der Waals surface area contributed by atoms with E-state index in [1.54, 1.807) is 12.3 Å². The highest BCUT2D eigenvalue weighted by Gasteiger charge is 1.60. The van der Waals surface area contributed by atoms with E-state index in [1.165, 1.54) is 6.26 Å². The molecule has 0 amide bonds. The van der Waals surface area contributed by atoms with Crippen molar-refractivity contribution in [1.82, 2.24) is 5.16 Å². The lowest BCUT2D eigenvalue weighted by Crippen LogP contribution is -1.38. The molecule has 0 N–H and O–H groups in total. The van der Waals surface area contributed by atoms with Crippen molar-refractivity contribution in [3.8, 4) is 0 Å². The molecule has 0 saturated carbocycles. The number of aromatic nitrogens is 1. The molecule has 34 valence electrons. The maximum Gasteiger partial charge on any atom is 0.123 e. The molecule has 1 heterocycles. The first-order valence-corrected chi connectivity index (χ1v) is 1.34. The van der Waals surface area contributed by atoms with Crippen LogP contribution in [-0.2, 0) is 0 Å². The van der Waals surface area contributed by atoms with Crippen LogP contribution >= 0.6 is 13.5 Å². The van der Waals surface area contributed by atoms with Gasteiger partial charge in [0.25, 0.3) is 0 Å². The first-order valence-electron chi connectivity index (χ1n) is 1.34. The van der Waals surface area contributed by atoms with E-state index in [0.29, 0.717) is 0 Å². The van der Waals surface area contributed by atoms with Crippen LogP contribution in [0.15, 0.2) is 23.0 Å². The van der Waals surface area contributed by atoms with Crippen LogP contribution in [0.1, 0.15) is 0 Å². The summed E-state index contributed by atoms with van der Waals surface area (Å²) < 4.78 is 4.33. The van der Waals surface area contributed by atoms with Crippen LogP contribution in [0, 0.1) is 0 Å². The molecule has 0 saturated heterocycles. The summed E-state index contributed by atoms with van der Waals surface area (Å²) in [5.41, 5.74) is 0. The molecular weight excluding hydrogens is 98.1 g/mol. The smallest absolute Gasteiger partial charge is 0.123 e. The monoisotopic (exact) mass is 103 g/mol. The van der Waals surface area contributed by atoms with Gasteiger partial charge in [-0.25, -0.2) is 0 Å². The van der Waals surface area contributed by atoms with Gasteiger partial charge in [0.1, 0.15) is 6.26 Å². The first-order chi connectivity index (χ1) is 2.50. The molecule has 0 bridgehead atoms. The fraction of sp³-hybridized carbons (Fsp3) is 0. The molecule has 1 aromatic rings. The molecule has 6 heavy (non-hydrogen) atoms. The average Bonchev–Trinajstić information content (AvgIpc) is 1.76. The van der Waals surface area contributed by atoms with Crippen molar-refractivity contribution in [2.24, 2.45) is 0 Å². The van der Waals surface area contributed by atoms with Crippen molar-refractivity contribution in [3.63, 3.8) is 0 Å². The zero-order valence-electron chi connectivity index (χ0n) is 3.09. The van der Waals surface area contributed by atoms with Crippen molar-refractivity contribution in [2.45, 2.75) is 0 Å². The largest absolute Gasteiger partial charge is 0.365 e. The van der Waals surface area contributed by atoms with Gasteiger partial charge in [-0.2, -0.15) is 13.5 Å². The molecule has 0 aliphatic carbocycles. The summed E-state index contributed by atoms with van der Waals surface area (Å²) in [4.78, 5) is 0. The molecule has 0 aliphatic rings. The van der Waals surface area contributed by atoms with Crippen LogP contribution in [0.5, 0.6) is 0 Å². The number of nitrogens with zero attached hydrogens (tertiary/aromatic N) is 1. The summed E-state index contributed by atoms with van der Waals surface area (Å²) in [5, 5.41) is 3.35. The standard InChI is InChI=1S/C3H3NO.H2S/c1-2-4-5-3-1;/h1-3H;1H2. The average molecular weight is 103 g/mol. The number of hydrogen-bond acceptors (Lipinski definition) is 2. The van der Waals surface area contributed by atoms with Crippen LogP contribution in [0.3, 0.4) is 0 Å². The number of hydrogen-bond donors (Lipinski definition) is 0. The van der Waals surface area contributed by atoms with E-state index in [-0.39, 0.29) is 13.5 Å². The Morgan fingerprint density at radius 3 is 2.50 bits per heavy atom. The summed E-state index contributed by atoms with van der Waals surface area (Å²) in [6.45, 7) is 0. The maximum absolute atomic E-state index is 4.33. The number of rotatable bonds is 0. The third-order valence-electron chi connectivity index (χ3n) is 0.347. The summed E-state index contributed by atoms with van der Waals surface area (Å²) in [6, 6.07) is 1.72. The van der Waals surface area contributed by atoms with E-state index in [2.05, 4.69) is 9.68 Å². The normalized spacial score (nSPS) is 6.67. The lowest BCUT2D eigenvalue weighted by atomic mass is 10.8.